The number of rotatable bonds is 4. The van der Waals surface area contributed by atoms with Crippen LogP contribution in [-0.2, 0) is 9.59 Å². The van der Waals surface area contributed by atoms with Gasteiger partial charge in [-0.15, -0.1) is 11.8 Å². The van der Waals surface area contributed by atoms with Crippen LogP contribution in [0.3, 0.4) is 0 Å². The van der Waals surface area contributed by atoms with Gasteiger partial charge in [-0.2, -0.15) is 0 Å². The average Bonchev–Trinajstić information content (AvgIpc) is 1.98. The van der Waals surface area contributed by atoms with E-state index in [0.717, 1.165) is 11.8 Å². The van der Waals surface area contributed by atoms with E-state index >= 15 is 0 Å². The normalized spacial score (nSPS) is 15.2. The van der Waals surface area contributed by atoms with E-state index in [1.807, 2.05) is 0 Å². The van der Waals surface area contributed by atoms with Crippen molar-refractivity contribution in [2.24, 2.45) is 5.92 Å². The molecule has 0 aromatic heterocycles. The zero-order valence-electron chi connectivity index (χ0n) is 8.25. The molecule has 1 amide bonds. The van der Waals surface area contributed by atoms with E-state index in [2.05, 4.69) is 5.32 Å². The van der Waals surface area contributed by atoms with Crippen LogP contribution in [0.4, 0.5) is 0 Å². The third-order valence-electron chi connectivity index (χ3n) is 1.81. The summed E-state index contributed by atoms with van der Waals surface area (Å²) in [6.45, 7) is 4.84. The van der Waals surface area contributed by atoms with E-state index in [0.29, 0.717) is 0 Å². The van der Waals surface area contributed by atoms with Gasteiger partial charge >= 0.3 is 5.97 Å². The van der Waals surface area contributed by atoms with E-state index in [1.165, 1.54) is 6.92 Å². The van der Waals surface area contributed by atoms with Crippen LogP contribution in [0.5, 0.6) is 0 Å². The molecule has 1 atom stereocenters. The zero-order valence-corrected chi connectivity index (χ0v) is 9.07. The molecule has 0 aliphatic heterocycles. The molecular formula is C8H15NO3S. The zero-order chi connectivity index (χ0) is 10.6. The maximum atomic E-state index is 11.0. The van der Waals surface area contributed by atoms with Gasteiger partial charge in [0.15, 0.2) is 4.87 Å². The van der Waals surface area contributed by atoms with Crippen LogP contribution in [0.1, 0.15) is 20.8 Å². The molecule has 0 aromatic carbocycles. The lowest BCUT2D eigenvalue weighted by atomic mass is 10.0. The second kappa shape index (κ2) is 4.50. The van der Waals surface area contributed by atoms with Crippen LogP contribution in [0, 0.1) is 5.92 Å². The summed E-state index contributed by atoms with van der Waals surface area (Å²) in [6, 6.07) is 0. The molecule has 13 heavy (non-hydrogen) atoms. The Morgan fingerprint density at radius 2 is 1.92 bits per heavy atom. The molecular weight excluding hydrogens is 190 g/mol. The van der Waals surface area contributed by atoms with E-state index in [9.17, 15) is 9.59 Å². The van der Waals surface area contributed by atoms with Gasteiger partial charge in [-0.05, 0) is 12.2 Å². The Hall–Kier alpha value is -0.710. The van der Waals surface area contributed by atoms with Gasteiger partial charge in [-0.1, -0.05) is 13.8 Å². The number of thioether (sulfide) groups is 1. The lowest BCUT2D eigenvalue weighted by Crippen LogP contribution is -2.54. The molecule has 0 spiro atoms. The second-order valence-corrected chi connectivity index (χ2v) is 4.13. The van der Waals surface area contributed by atoms with Crippen LogP contribution in [-0.4, -0.2) is 28.1 Å². The summed E-state index contributed by atoms with van der Waals surface area (Å²) in [4.78, 5) is 20.6. The van der Waals surface area contributed by atoms with Gasteiger partial charge in [-0.3, -0.25) is 4.79 Å². The van der Waals surface area contributed by atoms with Crippen LogP contribution < -0.4 is 5.32 Å². The molecule has 0 saturated heterocycles. The van der Waals surface area contributed by atoms with Crippen molar-refractivity contribution < 1.29 is 14.7 Å². The predicted molar refractivity (Wildman–Crippen MR) is 52.5 cm³/mol. The van der Waals surface area contributed by atoms with Gasteiger partial charge in [0.25, 0.3) is 0 Å². The minimum absolute atomic E-state index is 0.163. The van der Waals surface area contributed by atoms with Crippen molar-refractivity contribution in [3.63, 3.8) is 0 Å². The number of hydrogen-bond donors (Lipinski definition) is 2. The maximum absolute atomic E-state index is 11.0. The van der Waals surface area contributed by atoms with Crippen molar-refractivity contribution in [2.45, 2.75) is 25.6 Å². The highest BCUT2D eigenvalue weighted by Crippen LogP contribution is 2.28. The van der Waals surface area contributed by atoms with Crippen LogP contribution >= 0.6 is 11.8 Å². The molecule has 0 radical (unpaired) electrons. The summed E-state index contributed by atoms with van der Waals surface area (Å²) in [5, 5.41) is 11.5. The Balaban J connectivity index is 4.87. The smallest absolute Gasteiger partial charge is 0.340 e. The van der Waals surface area contributed by atoms with Crippen LogP contribution in [0.2, 0.25) is 0 Å². The fraction of sp³-hybridized carbons (Fsp3) is 0.750. The number of carboxylic acids is 1. The number of carbonyl (C=O) groups excluding carboxylic acids is 1. The van der Waals surface area contributed by atoms with Gasteiger partial charge < -0.3 is 10.4 Å². The lowest BCUT2D eigenvalue weighted by molar-refractivity contribution is -0.144. The molecule has 0 heterocycles. The number of hydrogen-bond acceptors (Lipinski definition) is 3. The van der Waals surface area contributed by atoms with Crippen molar-refractivity contribution in [3.05, 3.63) is 0 Å². The molecule has 0 aromatic rings. The van der Waals surface area contributed by atoms with Gasteiger partial charge in [-0.25, -0.2) is 4.79 Å². The summed E-state index contributed by atoms with van der Waals surface area (Å²) >= 11 is 1.13. The van der Waals surface area contributed by atoms with Gasteiger partial charge in [0.05, 0.1) is 0 Å². The summed E-state index contributed by atoms with van der Waals surface area (Å²) < 4.78 is 0. The number of carbonyl (C=O) groups is 2. The Morgan fingerprint density at radius 3 is 2.00 bits per heavy atom. The second-order valence-electron chi connectivity index (χ2n) is 3.08. The highest BCUT2D eigenvalue weighted by atomic mass is 32.2. The Morgan fingerprint density at radius 1 is 1.46 bits per heavy atom. The molecule has 5 heteroatoms. The summed E-state index contributed by atoms with van der Waals surface area (Å²) in [5.74, 6) is -1.50. The maximum Gasteiger partial charge on any atom is 0.340 e. The van der Waals surface area contributed by atoms with Gasteiger partial charge in [0.1, 0.15) is 0 Å². The largest absolute Gasteiger partial charge is 0.479 e. The first-order chi connectivity index (χ1) is 5.86. The van der Waals surface area contributed by atoms with E-state index in [-0.39, 0.29) is 11.8 Å². The van der Waals surface area contributed by atoms with E-state index in [1.54, 1.807) is 20.1 Å². The fourth-order valence-electron chi connectivity index (χ4n) is 1.08. The number of amides is 1. The molecule has 0 fully saturated rings. The van der Waals surface area contributed by atoms with E-state index in [4.69, 9.17) is 5.11 Å². The third-order valence-corrected chi connectivity index (χ3v) is 3.21. The molecule has 0 rings (SSSR count). The van der Waals surface area contributed by atoms with Crippen LogP contribution in [0.25, 0.3) is 0 Å². The fourth-order valence-corrected chi connectivity index (χ4v) is 1.97. The molecule has 0 bridgehead atoms. The number of aliphatic carboxylic acids is 1. The lowest BCUT2D eigenvalue weighted by Gasteiger charge is -2.31. The molecule has 2 N–H and O–H groups in total. The van der Waals surface area contributed by atoms with Crippen molar-refractivity contribution in [3.8, 4) is 0 Å². The Kier molecular flexibility index (Phi) is 4.26. The summed E-state index contributed by atoms with van der Waals surface area (Å²) in [6.07, 6.45) is 1.67. The summed E-state index contributed by atoms with van der Waals surface area (Å²) in [5.41, 5.74) is 0. The van der Waals surface area contributed by atoms with Gasteiger partial charge in [0.2, 0.25) is 5.91 Å². The molecule has 0 saturated carbocycles. The minimum atomic E-state index is -1.20. The molecule has 1 unspecified atom stereocenters. The first-order valence-electron chi connectivity index (χ1n) is 3.94. The van der Waals surface area contributed by atoms with E-state index < -0.39 is 10.8 Å². The number of nitrogens with one attached hydrogen (secondary N) is 1. The molecule has 4 nitrogen and oxygen atoms in total. The van der Waals surface area contributed by atoms with Crippen molar-refractivity contribution in [1.82, 2.24) is 5.32 Å². The van der Waals surface area contributed by atoms with Crippen molar-refractivity contribution >= 4 is 23.6 Å². The first kappa shape index (κ1) is 12.3. The first-order valence-corrected chi connectivity index (χ1v) is 5.16. The highest BCUT2D eigenvalue weighted by Gasteiger charge is 2.41. The molecule has 76 valence electrons. The average molecular weight is 205 g/mol. The standard InChI is InChI=1S/C8H15NO3S/c1-5(2)8(13-4,7(11)12)9-6(3)10/h5H,1-4H3,(H,9,10)(H,11,12). The minimum Gasteiger partial charge on any atom is -0.479 e. The van der Waals surface area contributed by atoms with Gasteiger partial charge in [0, 0.05) is 6.92 Å². The number of carboxylic acid groups (broad SMARTS) is 1. The Labute approximate surface area is 82.1 Å². The summed E-state index contributed by atoms with van der Waals surface area (Å²) in [7, 11) is 0. The van der Waals surface area contributed by atoms with Crippen molar-refractivity contribution in [2.75, 3.05) is 6.26 Å². The quantitative estimate of drug-likeness (QED) is 0.670. The SMILES string of the molecule is CSC(NC(C)=O)(C(=O)O)C(C)C. The predicted octanol–water partition coefficient (Wildman–Crippen LogP) is 0.922. The van der Waals surface area contributed by atoms with Crippen molar-refractivity contribution in [1.29, 1.82) is 0 Å². The topological polar surface area (TPSA) is 66.4 Å². The van der Waals surface area contributed by atoms with Crippen LogP contribution in [0.15, 0.2) is 0 Å². The monoisotopic (exact) mass is 205 g/mol. The highest BCUT2D eigenvalue weighted by molar-refractivity contribution is 8.00. The third kappa shape index (κ3) is 2.62. The molecule has 0 aliphatic carbocycles. The molecule has 0 aliphatic rings. The Bertz CT molecular complexity index is 217.